The maximum atomic E-state index is 12.8. The van der Waals surface area contributed by atoms with E-state index in [2.05, 4.69) is 6.58 Å². The van der Waals surface area contributed by atoms with E-state index in [4.69, 9.17) is 23.7 Å². The minimum absolute atomic E-state index is 0.0313. The SMILES string of the molecule is C=C1C[C@H]2O[C@H]2[C@]2(CC[C@@H]3/C(=C\C(OC(C)=O)C4OC4(C)C)C(=O)OC[C@@H]13)CO2. The van der Waals surface area contributed by atoms with Crippen molar-refractivity contribution >= 4 is 11.9 Å². The first-order chi connectivity index (χ1) is 13.7. The highest BCUT2D eigenvalue weighted by atomic mass is 16.7. The molecule has 7 heteroatoms. The van der Waals surface area contributed by atoms with Gasteiger partial charge in [0, 0.05) is 24.3 Å². The molecule has 0 bridgehead atoms. The number of epoxide rings is 3. The molecule has 5 rings (SSSR count). The molecule has 4 heterocycles. The number of ether oxygens (including phenoxy) is 5. The smallest absolute Gasteiger partial charge is 0.334 e. The van der Waals surface area contributed by atoms with Crippen LogP contribution in [-0.2, 0) is 33.3 Å². The van der Waals surface area contributed by atoms with Crippen molar-refractivity contribution < 1.29 is 33.3 Å². The third-order valence-electron chi connectivity index (χ3n) is 7.00. The highest BCUT2D eigenvalue weighted by Crippen LogP contribution is 2.53. The van der Waals surface area contributed by atoms with Crippen LogP contribution in [0, 0.1) is 11.8 Å². The van der Waals surface area contributed by atoms with Gasteiger partial charge in [0.25, 0.3) is 0 Å². The lowest BCUT2D eigenvalue weighted by Crippen LogP contribution is -2.36. The van der Waals surface area contributed by atoms with Crippen molar-refractivity contribution in [1.82, 2.24) is 0 Å². The molecule has 5 fully saturated rings. The van der Waals surface area contributed by atoms with Gasteiger partial charge in [0.2, 0.25) is 0 Å². The van der Waals surface area contributed by atoms with Crippen molar-refractivity contribution in [3.05, 3.63) is 23.8 Å². The van der Waals surface area contributed by atoms with Gasteiger partial charge in [0.05, 0.1) is 24.9 Å². The van der Waals surface area contributed by atoms with Gasteiger partial charge >= 0.3 is 11.9 Å². The Hall–Kier alpha value is -1.70. The molecular weight excluding hydrogens is 376 g/mol. The lowest BCUT2D eigenvalue weighted by atomic mass is 9.75. The topological polar surface area (TPSA) is 90.2 Å². The summed E-state index contributed by atoms with van der Waals surface area (Å²) < 4.78 is 28.4. The van der Waals surface area contributed by atoms with Gasteiger partial charge in [-0.05, 0) is 39.2 Å². The molecule has 0 radical (unpaired) electrons. The van der Waals surface area contributed by atoms with Crippen LogP contribution in [0.3, 0.4) is 0 Å². The number of hydrogen-bond donors (Lipinski definition) is 0. The Morgan fingerprint density at radius 3 is 2.69 bits per heavy atom. The molecule has 1 aliphatic carbocycles. The predicted octanol–water partition coefficient (Wildman–Crippen LogP) is 2.09. The van der Waals surface area contributed by atoms with E-state index in [1.807, 2.05) is 13.8 Å². The average Bonchev–Trinajstić information content (AvgIpc) is 3.52. The Kier molecular flexibility index (Phi) is 4.25. The van der Waals surface area contributed by atoms with Gasteiger partial charge in [-0.25, -0.2) is 4.79 Å². The zero-order valence-electron chi connectivity index (χ0n) is 17.1. The molecule has 2 unspecified atom stereocenters. The standard InChI is InChI=1S/C22H28O7/c1-11-7-16-19(28-16)22(10-26-22)6-5-13-14(20(24)25-9-15(11)13)8-17(27-12(2)23)18-21(3,4)29-18/h8,13,15-19H,1,5-7,9-10H2,2-4H3/b14-8+/t13-,15+,16-,17?,18?,19-,22+/m1/s1. The number of rotatable bonds is 3. The van der Waals surface area contributed by atoms with Crippen LogP contribution in [0.5, 0.6) is 0 Å². The molecule has 5 aliphatic rings. The summed E-state index contributed by atoms with van der Waals surface area (Å²) in [4.78, 5) is 24.4. The predicted molar refractivity (Wildman–Crippen MR) is 101 cm³/mol. The lowest BCUT2D eigenvalue weighted by Gasteiger charge is -2.34. The second kappa shape index (κ2) is 6.40. The van der Waals surface area contributed by atoms with Gasteiger partial charge in [-0.15, -0.1) is 0 Å². The van der Waals surface area contributed by atoms with Crippen LogP contribution in [0.25, 0.3) is 0 Å². The van der Waals surface area contributed by atoms with Crippen LogP contribution in [-0.4, -0.2) is 60.8 Å². The van der Waals surface area contributed by atoms with Crippen molar-refractivity contribution in [2.24, 2.45) is 11.8 Å². The molecular formula is C22H28O7. The first-order valence-electron chi connectivity index (χ1n) is 10.4. The molecule has 0 amide bonds. The van der Waals surface area contributed by atoms with E-state index < -0.39 is 12.1 Å². The Morgan fingerprint density at radius 1 is 1.34 bits per heavy atom. The van der Waals surface area contributed by atoms with Crippen LogP contribution >= 0.6 is 0 Å². The van der Waals surface area contributed by atoms with Crippen LogP contribution in [0.1, 0.15) is 40.0 Å². The molecule has 1 spiro atoms. The van der Waals surface area contributed by atoms with E-state index in [1.54, 1.807) is 6.08 Å². The van der Waals surface area contributed by atoms with Crippen molar-refractivity contribution in [3.63, 3.8) is 0 Å². The van der Waals surface area contributed by atoms with Gasteiger partial charge in [-0.1, -0.05) is 12.2 Å². The van der Waals surface area contributed by atoms with Crippen molar-refractivity contribution in [2.45, 2.75) is 75.7 Å². The minimum atomic E-state index is -0.618. The van der Waals surface area contributed by atoms with E-state index >= 15 is 0 Å². The number of carbonyl (C=O) groups excluding carboxylic acids is 2. The molecule has 0 N–H and O–H groups in total. The maximum Gasteiger partial charge on any atom is 0.334 e. The fraction of sp³-hybridized carbons (Fsp3) is 0.727. The zero-order chi connectivity index (χ0) is 20.6. The molecule has 158 valence electrons. The van der Waals surface area contributed by atoms with E-state index in [9.17, 15) is 9.59 Å². The second-order valence-electron chi connectivity index (χ2n) is 9.50. The van der Waals surface area contributed by atoms with Gasteiger partial charge in [0.15, 0.2) is 0 Å². The molecule has 0 aromatic rings. The second-order valence-corrected chi connectivity index (χ2v) is 9.50. The average molecular weight is 404 g/mol. The molecule has 4 saturated heterocycles. The van der Waals surface area contributed by atoms with Crippen LogP contribution < -0.4 is 0 Å². The summed E-state index contributed by atoms with van der Waals surface area (Å²) in [7, 11) is 0. The molecule has 7 atom stereocenters. The maximum absolute atomic E-state index is 12.8. The van der Waals surface area contributed by atoms with Gasteiger partial charge in [0.1, 0.15) is 23.9 Å². The van der Waals surface area contributed by atoms with E-state index in [0.29, 0.717) is 18.8 Å². The number of esters is 2. The monoisotopic (exact) mass is 404 g/mol. The molecule has 4 aliphatic heterocycles. The van der Waals surface area contributed by atoms with Crippen LogP contribution in [0.4, 0.5) is 0 Å². The fourth-order valence-corrected chi connectivity index (χ4v) is 5.11. The molecule has 7 nitrogen and oxygen atoms in total. The van der Waals surface area contributed by atoms with E-state index in [-0.39, 0.29) is 47.3 Å². The van der Waals surface area contributed by atoms with Crippen LogP contribution in [0.15, 0.2) is 23.8 Å². The lowest BCUT2D eigenvalue weighted by molar-refractivity contribution is -0.147. The van der Waals surface area contributed by atoms with Gasteiger partial charge in [-0.3, -0.25) is 4.79 Å². The fourth-order valence-electron chi connectivity index (χ4n) is 5.11. The first kappa shape index (κ1) is 19.3. The van der Waals surface area contributed by atoms with E-state index in [1.165, 1.54) is 6.92 Å². The number of cyclic esters (lactones) is 1. The Balaban J connectivity index is 1.45. The molecule has 29 heavy (non-hydrogen) atoms. The number of carbonyl (C=O) groups is 2. The minimum Gasteiger partial charge on any atom is -0.462 e. The van der Waals surface area contributed by atoms with Gasteiger partial charge in [-0.2, -0.15) is 0 Å². The van der Waals surface area contributed by atoms with Crippen molar-refractivity contribution in [3.8, 4) is 0 Å². The summed E-state index contributed by atoms with van der Waals surface area (Å²) in [6.45, 7) is 10.6. The van der Waals surface area contributed by atoms with Crippen molar-refractivity contribution in [2.75, 3.05) is 13.2 Å². The summed E-state index contributed by atoms with van der Waals surface area (Å²) in [5.74, 6) is -0.757. The normalized spacial score (nSPS) is 44.5. The molecule has 0 aromatic heterocycles. The number of hydrogen-bond acceptors (Lipinski definition) is 7. The summed E-state index contributed by atoms with van der Waals surface area (Å²) in [5, 5.41) is 0. The third-order valence-corrected chi connectivity index (χ3v) is 7.00. The Morgan fingerprint density at radius 2 is 2.07 bits per heavy atom. The highest BCUT2D eigenvalue weighted by Gasteiger charge is 2.64. The van der Waals surface area contributed by atoms with Crippen molar-refractivity contribution in [1.29, 1.82) is 0 Å². The van der Waals surface area contributed by atoms with E-state index in [0.717, 1.165) is 24.8 Å². The largest absolute Gasteiger partial charge is 0.462 e. The summed E-state index contributed by atoms with van der Waals surface area (Å²) in [5.41, 5.74) is 1.02. The van der Waals surface area contributed by atoms with Crippen LogP contribution in [0.2, 0.25) is 0 Å². The van der Waals surface area contributed by atoms with Gasteiger partial charge < -0.3 is 23.7 Å². The Bertz CT molecular complexity index is 793. The summed E-state index contributed by atoms with van der Waals surface area (Å²) in [6.07, 6.45) is 3.52. The third kappa shape index (κ3) is 3.43. The zero-order valence-corrected chi connectivity index (χ0v) is 17.1. The summed E-state index contributed by atoms with van der Waals surface area (Å²) >= 11 is 0. The molecule has 0 aromatic carbocycles. The highest BCUT2D eigenvalue weighted by molar-refractivity contribution is 5.90. The quantitative estimate of drug-likeness (QED) is 0.308. The molecule has 1 saturated carbocycles. The number of fused-ring (bicyclic) bond motifs is 3. The first-order valence-corrected chi connectivity index (χ1v) is 10.4. The Labute approximate surface area is 170 Å². The summed E-state index contributed by atoms with van der Waals surface area (Å²) in [6, 6.07) is 0.